The number of methoxy groups -OCH3 is 1. The van der Waals surface area contributed by atoms with E-state index in [0.717, 1.165) is 16.9 Å². The maximum absolute atomic E-state index is 9.69. The summed E-state index contributed by atoms with van der Waals surface area (Å²) in [5.41, 5.74) is 2.71. The number of benzene rings is 3. The molecule has 3 aromatic rings. The molecule has 7 heteroatoms. The molecule has 0 saturated carbocycles. The second-order valence-corrected chi connectivity index (χ2v) is 8.12. The maximum Gasteiger partial charge on any atom is 0.559 e. The molecule has 4 rings (SSSR count). The number of hydrogen-bond donors (Lipinski definition) is 0. The van der Waals surface area contributed by atoms with E-state index in [1.54, 1.807) is 19.3 Å². The molecule has 0 saturated heterocycles. The van der Waals surface area contributed by atoms with Crippen LogP contribution < -0.4 is 13.8 Å². The number of hydrogen-bond acceptors (Lipinski definition) is 6. The van der Waals surface area contributed by atoms with Crippen LogP contribution in [0, 0.1) is 11.3 Å². The van der Waals surface area contributed by atoms with Crippen molar-refractivity contribution < 1.29 is 18.4 Å². The van der Waals surface area contributed by atoms with Gasteiger partial charge in [-0.05, 0) is 77.0 Å². The summed E-state index contributed by atoms with van der Waals surface area (Å²) in [5.74, 6) is 2.00. The number of ether oxygens (including phenoxy) is 1. The summed E-state index contributed by atoms with van der Waals surface area (Å²) >= 11 is 0. The van der Waals surface area contributed by atoms with Gasteiger partial charge in [0.1, 0.15) is 17.5 Å². The Morgan fingerprint density at radius 1 is 0.735 bits per heavy atom. The highest BCUT2D eigenvalue weighted by molar-refractivity contribution is 7.42. The predicted octanol–water partition coefficient (Wildman–Crippen LogP) is 6.59. The molecule has 3 aromatic carbocycles. The fourth-order valence-corrected chi connectivity index (χ4v) is 4.01. The van der Waals surface area contributed by atoms with Crippen molar-refractivity contribution in [1.82, 2.24) is 0 Å². The zero-order valence-electron chi connectivity index (χ0n) is 18.4. The van der Waals surface area contributed by atoms with Crippen LogP contribution in [0.5, 0.6) is 17.2 Å². The summed E-state index contributed by atoms with van der Waals surface area (Å²) in [5, 5.41) is 13.9. The Labute approximate surface area is 199 Å². The smallest absolute Gasteiger partial charge is 0.497 e. The number of oxime groups is 1. The lowest BCUT2D eigenvalue weighted by Crippen LogP contribution is -2.00. The molecule has 0 heterocycles. The molecule has 0 spiro atoms. The Morgan fingerprint density at radius 3 is 1.79 bits per heavy atom. The van der Waals surface area contributed by atoms with Gasteiger partial charge in [0.15, 0.2) is 11.5 Å². The van der Waals surface area contributed by atoms with Crippen LogP contribution >= 0.6 is 8.60 Å². The van der Waals surface area contributed by atoms with Crippen molar-refractivity contribution in [2.24, 2.45) is 5.16 Å². The Balaban J connectivity index is 1.49. The van der Waals surface area contributed by atoms with E-state index in [0.29, 0.717) is 22.8 Å². The quantitative estimate of drug-likeness (QED) is 0.211. The van der Waals surface area contributed by atoms with Crippen LogP contribution in [0.15, 0.2) is 120 Å². The molecule has 0 fully saturated rings. The van der Waals surface area contributed by atoms with E-state index in [2.05, 4.69) is 11.2 Å². The van der Waals surface area contributed by atoms with Gasteiger partial charge in [-0.15, -0.1) is 0 Å². The van der Waals surface area contributed by atoms with Crippen molar-refractivity contribution >= 4 is 19.9 Å². The summed E-state index contributed by atoms with van der Waals surface area (Å²) < 4.78 is 22.7. The van der Waals surface area contributed by atoms with Gasteiger partial charge in [-0.25, -0.2) is 0 Å². The molecule has 0 aliphatic heterocycles. The zero-order valence-corrected chi connectivity index (χ0v) is 19.4. The average Bonchev–Trinajstić information content (AvgIpc) is 2.90. The van der Waals surface area contributed by atoms with Gasteiger partial charge in [0, 0.05) is 0 Å². The molecule has 0 amide bonds. The van der Waals surface area contributed by atoms with Crippen LogP contribution in [0.25, 0.3) is 5.57 Å². The van der Waals surface area contributed by atoms with Gasteiger partial charge in [-0.3, -0.25) is 9.05 Å². The Hall–Kier alpha value is -4.33. The lowest BCUT2D eigenvalue weighted by Gasteiger charge is -2.09. The normalized spacial score (nSPS) is 12.1. The van der Waals surface area contributed by atoms with E-state index in [4.69, 9.17) is 18.4 Å². The van der Waals surface area contributed by atoms with Crippen LogP contribution in [0.2, 0.25) is 0 Å². The van der Waals surface area contributed by atoms with Crippen LogP contribution in [-0.2, 0) is 4.62 Å². The third kappa shape index (κ3) is 6.13. The second kappa shape index (κ2) is 11.5. The minimum Gasteiger partial charge on any atom is -0.497 e. The van der Waals surface area contributed by atoms with Crippen LogP contribution in [0.4, 0.5) is 0 Å². The monoisotopic (exact) mass is 469 g/mol. The summed E-state index contributed by atoms with van der Waals surface area (Å²) in [6.45, 7) is 0. The summed E-state index contributed by atoms with van der Waals surface area (Å²) in [6, 6.07) is 28.3. The van der Waals surface area contributed by atoms with Gasteiger partial charge in [0.2, 0.25) is 0 Å². The summed E-state index contributed by atoms with van der Waals surface area (Å²) in [6.07, 6.45) is 7.21. The highest BCUT2D eigenvalue weighted by Crippen LogP contribution is 2.41. The molecule has 1 aliphatic carbocycles. The van der Waals surface area contributed by atoms with Gasteiger partial charge in [-0.2, -0.15) is 9.89 Å². The molecule has 0 unspecified atom stereocenters. The van der Waals surface area contributed by atoms with Gasteiger partial charge in [-0.1, -0.05) is 48.6 Å². The molecule has 1 aliphatic rings. The summed E-state index contributed by atoms with van der Waals surface area (Å²) in [4.78, 5) is 0. The van der Waals surface area contributed by atoms with Crippen molar-refractivity contribution in [3.8, 4) is 23.3 Å². The van der Waals surface area contributed by atoms with Crippen LogP contribution in [-0.4, -0.2) is 12.8 Å². The molecule has 168 valence electrons. The largest absolute Gasteiger partial charge is 0.559 e. The first-order valence-corrected chi connectivity index (χ1v) is 11.7. The van der Waals surface area contributed by atoms with E-state index in [-0.39, 0.29) is 0 Å². The molecular weight excluding hydrogens is 447 g/mol. The van der Waals surface area contributed by atoms with E-state index in [1.807, 2.05) is 97.1 Å². The van der Waals surface area contributed by atoms with Gasteiger partial charge < -0.3 is 4.74 Å². The van der Waals surface area contributed by atoms with E-state index in [1.165, 1.54) is 0 Å². The maximum atomic E-state index is 9.69. The van der Waals surface area contributed by atoms with Gasteiger partial charge in [0.05, 0.1) is 12.7 Å². The van der Waals surface area contributed by atoms with Gasteiger partial charge >= 0.3 is 8.60 Å². The SMILES string of the molecule is COc1ccc(C(C#N)=C2C=CC(=NO[PH+](Oc3ccccc3)Oc3ccccc3)C=C2)cc1. The molecular formula is C27H22N2O4P+. The van der Waals surface area contributed by atoms with Crippen molar-refractivity contribution in [1.29, 1.82) is 5.26 Å². The van der Waals surface area contributed by atoms with Gasteiger partial charge in [0.25, 0.3) is 0 Å². The number of nitriles is 1. The minimum absolute atomic E-state index is 0.555. The molecule has 0 N–H and O–H groups in total. The topological polar surface area (TPSA) is 73.1 Å². The highest BCUT2D eigenvalue weighted by atomic mass is 31.2. The first-order valence-electron chi connectivity index (χ1n) is 10.5. The molecule has 0 radical (unpaired) electrons. The van der Waals surface area contributed by atoms with Crippen LogP contribution in [0.3, 0.4) is 0 Å². The molecule has 6 nitrogen and oxygen atoms in total. The molecule has 0 aromatic heterocycles. The number of para-hydroxylation sites is 2. The minimum atomic E-state index is -2.26. The van der Waals surface area contributed by atoms with Crippen molar-refractivity contribution in [2.75, 3.05) is 7.11 Å². The summed E-state index contributed by atoms with van der Waals surface area (Å²) in [7, 11) is -0.655. The first-order chi connectivity index (χ1) is 16.7. The fourth-order valence-electron chi connectivity index (χ4n) is 3.06. The third-order valence-corrected chi connectivity index (χ3v) is 5.81. The molecule has 0 atom stereocenters. The van der Waals surface area contributed by atoms with Crippen molar-refractivity contribution in [2.45, 2.75) is 0 Å². The Bertz CT molecular complexity index is 1200. The van der Waals surface area contributed by atoms with Crippen molar-refractivity contribution in [3.63, 3.8) is 0 Å². The number of nitrogens with zero attached hydrogens (tertiary/aromatic N) is 2. The number of rotatable bonds is 8. The fraction of sp³-hybridized carbons (Fsp3) is 0.0370. The highest BCUT2D eigenvalue weighted by Gasteiger charge is 2.25. The predicted molar refractivity (Wildman–Crippen MR) is 135 cm³/mol. The van der Waals surface area contributed by atoms with Crippen molar-refractivity contribution in [3.05, 3.63) is 120 Å². The van der Waals surface area contributed by atoms with E-state index < -0.39 is 8.60 Å². The zero-order chi connectivity index (χ0) is 23.6. The number of allylic oxidation sites excluding steroid dienone is 6. The Morgan fingerprint density at radius 2 is 1.29 bits per heavy atom. The molecule has 34 heavy (non-hydrogen) atoms. The van der Waals surface area contributed by atoms with Crippen LogP contribution in [0.1, 0.15) is 5.56 Å². The average molecular weight is 469 g/mol. The Kier molecular flexibility index (Phi) is 7.74. The second-order valence-electron chi connectivity index (χ2n) is 7.02. The lowest BCUT2D eigenvalue weighted by molar-refractivity contribution is 0.280. The van der Waals surface area contributed by atoms with E-state index in [9.17, 15) is 5.26 Å². The third-order valence-electron chi connectivity index (χ3n) is 4.76. The first kappa shape index (κ1) is 22.8. The molecule has 0 bridgehead atoms. The standard InChI is InChI=1S/C27H22N2O4P/c1-30-24-18-14-22(15-19-24)27(20-28)21-12-16-23(17-13-21)29-33-34(31-25-8-4-2-5-9-25)32-26-10-6-3-7-11-26/h2-19,34H,1H3/q+1. The lowest BCUT2D eigenvalue weighted by atomic mass is 9.97. The van der Waals surface area contributed by atoms with E-state index >= 15 is 0 Å².